The summed E-state index contributed by atoms with van der Waals surface area (Å²) in [6, 6.07) is 14.5. The lowest BCUT2D eigenvalue weighted by Crippen LogP contribution is -2.46. The highest BCUT2D eigenvalue weighted by Gasteiger charge is 2.27. The fourth-order valence-electron chi connectivity index (χ4n) is 7.66. The minimum atomic E-state index is -0.814. The normalized spacial score (nSPS) is 11.5. The van der Waals surface area contributed by atoms with Crippen LogP contribution in [0.1, 0.15) is 73.6 Å². The molecule has 0 aromatic heterocycles. The molecule has 0 fully saturated rings. The second-order valence-corrected chi connectivity index (χ2v) is 15.9. The largest absolute Gasteiger partial charge is 0.496 e. The van der Waals surface area contributed by atoms with Crippen LogP contribution in [0.25, 0.3) is 33.4 Å². The monoisotopic (exact) mass is 962 g/mol. The Hall–Kier alpha value is -6.93. The van der Waals surface area contributed by atoms with Crippen molar-refractivity contribution in [3.8, 4) is 28.2 Å². The van der Waals surface area contributed by atoms with Crippen LogP contribution in [0.3, 0.4) is 0 Å². The van der Waals surface area contributed by atoms with Crippen LogP contribution in [0.4, 0.5) is 17.1 Å². The minimum absolute atomic E-state index is 0.0775. The molecule has 376 valence electrons. The number of nitrogens with zero attached hydrogens (tertiary/aromatic N) is 3. The van der Waals surface area contributed by atoms with Gasteiger partial charge in [0.25, 0.3) is 0 Å². The van der Waals surface area contributed by atoms with Crippen LogP contribution >= 0.6 is 0 Å². The summed E-state index contributed by atoms with van der Waals surface area (Å²) < 4.78 is 42.2. The maximum atomic E-state index is 13.2. The van der Waals surface area contributed by atoms with Crippen molar-refractivity contribution < 1.29 is 66.3 Å². The van der Waals surface area contributed by atoms with Gasteiger partial charge in [-0.05, 0) is 70.4 Å². The molecule has 0 bridgehead atoms. The quantitative estimate of drug-likeness (QED) is 0.0155. The number of carbonyl (C=O) groups is 6. The number of amides is 1. The molecule has 2 aromatic carbocycles. The summed E-state index contributed by atoms with van der Waals surface area (Å²) in [5, 5.41) is 12.4. The summed E-state index contributed by atoms with van der Waals surface area (Å²) in [6.07, 6.45) is 2.24. The average molecular weight is 963 g/mol. The topological polar surface area (TPSA) is 252 Å². The molecule has 4 N–H and O–H groups in total. The summed E-state index contributed by atoms with van der Waals surface area (Å²) in [4.78, 5) is 78.3. The minimum Gasteiger partial charge on any atom is -0.496 e. The van der Waals surface area contributed by atoms with Crippen molar-refractivity contribution in [2.45, 2.75) is 79.7 Å². The van der Waals surface area contributed by atoms with Crippen molar-refractivity contribution in [2.75, 3.05) is 95.4 Å². The molecule has 69 heavy (non-hydrogen) atoms. The molecule has 1 amide bonds. The van der Waals surface area contributed by atoms with E-state index >= 15 is 0 Å². The first kappa shape index (κ1) is 54.7. The number of nitrogens with one attached hydrogen (secondary N) is 2. The molecule has 2 aliphatic rings. The standard InChI is InChI=1S/C49H66N6O14/c1-8-53(9-2)41-24-40(49-38-18-16-35(50)22-44(38)69-45-23-36(51)17-19-39(45)49)43(62-7)25-42(41)54(10-3)21-13-15-46(59)52-20-12-11-14-37(28-63-29-64-32(4)56)55(26-47(60)67-30-65-33(5)57)27-48(61)68-31-66-34(6)58/h16-19,22-25,37,50H,8-15,20-21,26-31,51H2,1-7H3,(H,52,59). The van der Waals surface area contributed by atoms with Gasteiger partial charge in [0.1, 0.15) is 17.1 Å². The summed E-state index contributed by atoms with van der Waals surface area (Å²) in [5.74, 6) is -2.43. The Morgan fingerprint density at radius 1 is 0.725 bits per heavy atom. The first-order valence-electron chi connectivity index (χ1n) is 22.9. The molecule has 1 aliphatic carbocycles. The number of hydrogen-bond donors (Lipinski definition) is 3. The molecular weight excluding hydrogens is 897 g/mol. The Balaban J connectivity index is 1.44. The van der Waals surface area contributed by atoms with E-state index in [-0.39, 0.29) is 25.7 Å². The highest BCUT2D eigenvalue weighted by molar-refractivity contribution is 6.05. The summed E-state index contributed by atoms with van der Waals surface area (Å²) >= 11 is 0. The van der Waals surface area contributed by atoms with Crippen molar-refractivity contribution in [3.63, 3.8) is 0 Å². The van der Waals surface area contributed by atoms with E-state index in [2.05, 4.69) is 48.0 Å². The Labute approximate surface area is 402 Å². The molecular formula is C49H66N6O14. The van der Waals surface area contributed by atoms with Gasteiger partial charge in [-0.2, -0.15) is 0 Å². The number of carbonyl (C=O) groups excluding carboxylic acids is 6. The van der Waals surface area contributed by atoms with Crippen LogP contribution in [-0.4, -0.2) is 127 Å². The van der Waals surface area contributed by atoms with Gasteiger partial charge >= 0.3 is 29.8 Å². The number of fused-ring (bicyclic) bond motifs is 2. The van der Waals surface area contributed by atoms with Gasteiger partial charge < -0.3 is 63.8 Å². The van der Waals surface area contributed by atoms with E-state index in [4.69, 9.17) is 48.7 Å². The van der Waals surface area contributed by atoms with E-state index in [0.29, 0.717) is 73.5 Å². The van der Waals surface area contributed by atoms with Gasteiger partial charge in [0.15, 0.2) is 6.79 Å². The Morgan fingerprint density at radius 3 is 1.96 bits per heavy atom. The van der Waals surface area contributed by atoms with Crippen LogP contribution < -0.4 is 30.9 Å². The highest BCUT2D eigenvalue weighted by Crippen LogP contribution is 2.47. The van der Waals surface area contributed by atoms with E-state index in [0.717, 1.165) is 60.4 Å². The lowest BCUT2D eigenvalue weighted by Gasteiger charge is -2.32. The SMILES string of the molecule is CCN(CC)c1cc(-c2c3ccc(=N)cc-3oc3cc(N)ccc23)c(OC)cc1N(CC)CCCC(=O)NCCCCC(COCOC(C)=O)N(CC(=O)OCOC(C)=O)CC(=O)OCOC(C)=O. The zero-order chi connectivity index (χ0) is 50.5. The van der Waals surface area contributed by atoms with E-state index in [1.165, 1.54) is 11.8 Å². The van der Waals surface area contributed by atoms with E-state index < -0.39 is 62.6 Å². The fourth-order valence-corrected chi connectivity index (χ4v) is 7.66. The maximum absolute atomic E-state index is 13.2. The third kappa shape index (κ3) is 17.0. The number of benzene rings is 3. The van der Waals surface area contributed by atoms with Crippen molar-refractivity contribution in [3.05, 3.63) is 53.9 Å². The summed E-state index contributed by atoms with van der Waals surface area (Å²) in [6.45, 7) is 10.3. The zero-order valence-electron chi connectivity index (χ0n) is 40.6. The summed E-state index contributed by atoms with van der Waals surface area (Å²) in [5.41, 5.74) is 11.9. The number of unbranched alkanes of at least 4 members (excludes halogenated alkanes) is 1. The van der Waals surface area contributed by atoms with Crippen molar-refractivity contribution in [2.24, 2.45) is 0 Å². The van der Waals surface area contributed by atoms with E-state index in [9.17, 15) is 28.8 Å². The molecule has 4 rings (SSSR count). The van der Waals surface area contributed by atoms with Crippen molar-refractivity contribution in [1.82, 2.24) is 10.2 Å². The predicted octanol–water partition coefficient (Wildman–Crippen LogP) is 5.35. The molecule has 1 aliphatic heterocycles. The molecule has 1 heterocycles. The highest BCUT2D eigenvalue weighted by atomic mass is 16.7. The van der Waals surface area contributed by atoms with E-state index in [1.807, 2.05) is 18.2 Å². The number of methoxy groups -OCH3 is 1. The van der Waals surface area contributed by atoms with Crippen LogP contribution in [0.5, 0.6) is 5.75 Å². The van der Waals surface area contributed by atoms with Crippen LogP contribution in [0.15, 0.2) is 52.9 Å². The molecule has 0 spiro atoms. The van der Waals surface area contributed by atoms with Gasteiger partial charge in [-0.1, -0.05) is 6.42 Å². The first-order chi connectivity index (χ1) is 33.1. The van der Waals surface area contributed by atoms with Gasteiger partial charge in [-0.25, -0.2) is 0 Å². The number of hydrogen-bond acceptors (Lipinski definition) is 19. The van der Waals surface area contributed by atoms with Crippen LogP contribution in [0.2, 0.25) is 0 Å². The Morgan fingerprint density at radius 2 is 1.35 bits per heavy atom. The summed E-state index contributed by atoms with van der Waals surface area (Å²) in [7, 11) is 1.64. The molecule has 0 saturated heterocycles. The van der Waals surface area contributed by atoms with Gasteiger partial charge in [-0.3, -0.25) is 33.7 Å². The second-order valence-electron chi connectivity index (χ2n) is 15.9. The fraction of sp³-hybridized carbons (Fsp3) is 0.490. The van der Waals surface area contributed by atoms with E-state index in [1.54, 1.807) is 25.3 Å². The third-order valence-electron chi connectivity index (χ3n) is 11.1. The lowest BCUT2D eigenvalue weighted by molar-refractivity contribution is -0.169. The predicted molar refractivity (Wildman–Crippen MR) is 256 cm³/mol. The number of esters is 5. The van der Waals surface area contributed by atoms with Crippen molar-refractivity contribution >= 4 is 63.8 Å². The maximum Gasteiger partial charge on any atom is 0.323 e. The molecule has 0 radical (unpaired) electrons. The second kappa shape index (κ2) is 27.8. The zero-order valence-corrected chi connectivity index (χ0v) is 40.6. The molecule has 0 saturated carbocycles. The molecule has 20 heteroatoms. The number of ether oxygens (including phenoxy) is 7. The number of nitrogen functional groups attached to an aromatic ring is 1. The van der Waals surface area contributed by atoms with Gasteiger partial charge in [-0.15, -0.1) is 0 Å². The molecule has 2 aromatic rings. The lowest BCUT2D eigenvalue weighted by atomic mass is 9.92. The van der Waals surface area contributed by atoms with Gasteiger partial charge in [0, 0.05) is 112 Å². The smallest absolute Gasteiger partial charge is 0.323 e. The van der Waals surface area contributed by atoms with Gasteiger partial charge in [0.05, 0.1) is 43.5 Å². The number of nitrogens with two attached hydrogens (primary N) is 1. The molecule has 20 nitrogen and oxygen atoms in total. The van der Waals surface area contributed by atoms with Crippen molar-refractivity contribution in [1.29, 1.82) is 5.41 Å². The first-order valence-corrected chi connectivity index (χ1v) is 22.9. The van der Waals surface area contributed by atoms with Crippen LogP contribution in [0, 0.1) is 5.41 Å². The average Bonchev–Trinajstić information content (AvgIpc) is 3.29. The number of anilines is 3. The third-order valence-corrected chi connectivity index (χ3v) is 11.1. The van der Waals surface area contributed by atoms with Crippen LogP contribution in [-0.2, 0) is 57.2 Å². The number of rotatable bonds is 29. The Bertz CT molecular complexity index is 2370. The molecule has 1 unspecified atom stereocenters. The molecule has 1 atom stereocenters. The Kier molecular flexibility index (Phi) is 22.0. The van der Waals surface area contributed by atoms with Gasteiger partial charge in [0.2, 0.25) is 19.5 Å².